The van der Waals surface area contributed by atoms with Gasteiger partial charge in [-0.1, -0.05) is 25.4 Å². The van der Waals surface area contributed by atoms with Gasteiger partial charge in [0.1, 0.15) is 18.4 Å². The van der Waals surface area contributed by atoms with Crippen molar-refractivity contribution in [2.24, 2.45) is 5.92 Å². The Hall–Kier alpha value is -2.98. The molecule has 0 saturated carbocycles. The van der Waals surface area contributed by atoms with E-state index in [1.165, 1.54) is 6.20 Å². The monoisotopic (exact) mass is 447 g/mol. The number of benzene rings is 1. The van der Waals surface area contributed by atoms with Gasteiger partial charge in [0.25, 0.3) is 0 Å². The molecule has 1 atom stereocenters. The van der Waals surface area contributed by atoms with Gasteiger partial charge in [0.15, 0.2) is 10.6 Å². The summed E-state index contributed by atoms with van der Waals surface area (Å²) in [5.74, 6) is 0.492. The molecule has 2 heterocycles. The minimum absolute atomic E-state index is 0.0841. The lowest BCUT2D eigenvalue weighted by Crippen LogP contribution is -2.45. The number of carbonyl (C=O) groups is 2. The minimum atomic E-state index is -0.708. The highest BCUT2D eigenvalue weighted by molar-refractivity contribution is 7.71. The van der Waals surface area contributed by atoms with E-state index >= 15 is 0 Å². The van der Waals surface area contributed by atoms with Gasteiger partial charge in [0.2, 0.25) is 11.8 Å². The number of aromatic nitrogens is 5. The van der Waals surface area contributed by atoms with E-state index in [0.717, 1.165) is 5.56 Å². The summed E-state index contributed by atoms with van der Waals surface area (Å²) >= 11 is 11.2. The average Bonchev–Trinajstić information content (AvgIpc) is 3.32. The number of carbonyl (C=O) groups excluding carboxylic acids is 2. The minimum Gasteiger partial charge on any atom is -0.343 e. The van der Waals surface area contributed by atoms with Crippen LogP contribution in [0, 0.1) is 10.7 Å². The molecule has 30 heavy (non-hydrogen) atoms. The third-order valence-electron chi connectivity index (χ3n) is 4.28. The zero-order chi connectivity index (χ0) is 21.7. The molecule has 1 unspecified atom stereocenters. The molecule has 158 valence electrons. The summed E-state index contributed by atoms with van der Waals surface area (Å²) in [6, 6.07) is 7.98. The van der Waals surface area contributed by atoms with Gasteiger partial charge in [-0.15, -0.1) is 0 Å². The zero-order valence-electron chi connectivity index (χ0n) is 16.5. The van der Waals surface area contributed by atoms with Crippen molar-refractivity contribution in [3.05, 3.63) is 46.3 Å². The van der Waals surface area contributed by atoms with Crippen LogP contribution in [0.15, 0.2) is 36.5 Å². The maximum atomic E-state index is 12.8. The van der Waals surface area contributed by atoms with E-state index in [9.17, 15) is 9.59 Å². The molecule has 1 aromatic carbocycles. The second-order valence-corrected chi connectivity index (χ2v) is 7.98. The van der Waals surface area contributed by atoms with Gasteiger partial charge in [0, 0.05) is 16.7 Å². The molecular formula is C19H22ClN7O2S. The molecule has 0 fully saturated rings. The second-order valence-electron chi connectivity index (χ2n) is 7.15. The predicted octanol–water partition coefficient (Wildman–Crippen LogP) is 3.15. The standard InChI is InChI=1S/C19H22ClN7O2S/c1-11(2)9-14(18(29)23-15-7-8-21-24-15)22-16(28)10-27-17(25-26-19(27)30)12-3-5-13(20)6-4-12/h3-8,11,14H,9-10H2,1-2H3,(H,22,28)(H,26,30)(H2,21,23,24,29). The van der Waals surface area contributed by atoms with E-state index in [0.29, 0.717) is 27.9 Å². The molecule has 0 saturated heterocycles. The van der Waals surface area contributed by atoms with Gasteiger partial charge >= 0.3 is 0 Å². The first-order valence-electron chi connectivity index (χ1n) is 9.34. The summed E-state index contributed by atoms with van der Waals surface area (Å²) < 4.78 is 1.88. The zero-order valence-corrected chi connectivity index (χ0v) is 18.0. The Morgan fingerprint density at radius 1 is 1.20 bits per heavy atom. The molecule has 2 amide bonds. The number of halogens is 1. The summed E-state index contributed by atoms with van der Waals surface area (Å²) in [6.45, 7) is 3.88. The number of aromatic amines is 2. The molecule has 0 aliphatic rings. The summed E-state index contributed by atoms with van der Waals surface area (Å²) in [5.41, 5.74) is 0.760. The van der Waals surface area contributed by atoms with Crippen LogP contribution in [0.3, 0.4) is 0 Å². The summed E-state index contributed by atoms with van der Waals surface area (Å²) in [4.78, 5) is 25.4. The van der Waals surface area contributed by atoms with Crippen LogP contribution in [0.4, 0.5) is 5.82 Å². The largest absolute Gasteiger partial charge is 0.343 e. The van der Waals surface area contributed by atoms with Gasteiger partial charge in [-0.25, -0.2) is 0 Å². The van der Waals surface area contributed by atoms with Crippen molar-refractivity contribution >= 4 is 41.5 Å². The maximum absolute atomic E-state index is 12.8. The fourth-order valence-electron chi connectivity index (χ4n) is 2.92. The average molecular weight is 448 g/mol. The Bertz CT molecular complexity index is 1060. The van der Waals surface area contributed by atoms with Crippen molar-refractivity contribution in [3.63, 3.8) is 0 Å². The van der Waals surface area contributed by atoms with E-state index in [2.05, 4.69) is 31.0 Å². The van der Waals surface area contributed by atoms with E-state index in [1.54, 1.807) is 34.9 Å². The fraction of sp³-hybridized carbons (Fsp3) is 0.316. The van der Waals surface area contributed by atoms with Crippen LogP contribution in [0.5, 0.6) is 0 Å². The van der Waals surface area contributed by atoms with Crippen molar-refractivity contribution in [1.29, 1.82) is 0 Å². The van der Waals surface area contributed by atoms with Crippen molar-refractivity contribution in [1.82, 2.24) is 30.3 Å². The third-order valence-corrected chi connectivity index (χ3v) is 4.84. The Morgan fingerprint density at radius 2 is 1.93 bits per heavy atom. The van der Waals surface area contributed by atoms with Gasteiger partial charge in [0.05, 0.1) is 6.20 Å². The fourth-order valence-corrected chi connectivity index (χ4v) is 3.24. The van der Waals surface area contributed by atoms with Crippen molar-refractivity contribution in [2.45, 2.75) is 32.9 Å². The molecular weight excluding hydrogens is 426 g/mol. The molecule has 0 radical (unpaired) electrons. The summed E-state index contributed by atoms with van der Waals surface area (Å²) in [6.07, 6.45) is 2.01. The first kappa shape index (κ1) is 21.7. The number of H-pyrrole nitrogens is 2. The van der Waals surface area contributed by atoms with E-state index in [4.69, 9.17) is 23.8 Å². The first-order valence-corrected chi connectivity index (χ1v) is 10.1. The molecule has 0 aliphatic carbocycles. The normalized spacial score (nSPS) is 12.0. The second kappa shape index (κ2) is 9.68. The van der Waals surface area contributed by atoms with E-state index in [1.807, 2.05) is 13.8 Å². The van der Waals surface area contributed by atoms with Crippen molar-refractivity contribution in [3.8, 4) is 11.4 Å². The van der Waals surface area contributed by atoms with Crippen LogP contribution in [0.1, 0.15) is 20.3 Å². The molecule has 9 nitrogen and oxygen atoms in total. The number of rotatable bonds is 8. The molecule has 0 aliphatic heterocycles. The Labute approximate surface area is 183 Å². The highest BCUT2D eigenvalue weighted by Crippen LogP contribution is 2.20. The lowest BCUT2D eigenvalue weighted by Gasteiger charge is -2.20. The molecule has 3 rings (SSSR count). The van der Waals surface area contributed by atoms with Crippen molar-refractivity contribution in [2.75, 3.05) is 5.32 Å². The van der Waals surface area contributed by atoms with Crippen LogP contribution < -0.4 is 10.6 Å². The van der Waals surface area contributed by atoms with E-state index in [-0.39, 0.29) is 24.3 Å². The number of hydrogen-bond acceptors (Lipinski definition) is 5. The SMILES string of the molecule is CC(C)CC(NC(=O)Cn1c(-c2ccc(Cl)cc2)n[nH]c1=S)C(=O)Nc1ccn[nH]1. The summed E-state index contributed by atoms with van der Waals surface area (Å²) in [7, 11) is 0. The number of nitrogens with zero attached hydrogens (tertiary/aromatic N) is 3. The Morgan fingerprint density at radius 3 is 2.57 bits per heavy atom. The van der Waals surface area contributed by atoms with Gasteiger partial charge in [-0.2, -0.15) is 10.2 Å². The highest BCUT2D eigenvalue weighted by Gasteiger charge is 2.23. The molecule has 0 bridgehead atoms. The molecule has 2 aromatic heterocycles. The molecule has 0 spiro atoms. The number of amides is 2. The highest BCUT2D eigenvalue weighted by atomic mass is 35.5. The quantitative estimate of drug-likeness (QED) is 0.395. The van der Waals surface area contributed by atoms with Gasteiger partial charge in [-0.3, -0.25) is 24.4 Å². The van der Waals surface area contributed by atoms with Crippen LogP contribution >= 0.6 is 23.8 Å². The molecule has 11 heteroatoms. The molecule has 3 aromatic rings. The smallest absolute Gasteiger partial charge is 0.248 e. The number of hydrogen-bond donors (Lipinski definition) is 4. The molecule has 4 N–H and O–H groups in total. The van der Waals surface area contributed by atoms with Gasteiger partial charge in [-0.05, 0) is 48.8 Å². The Kier molecular flexibility index (Phi) is 7.01. The van der Waals surface area contributed by atoms with E-state index < -0.39 is 6.04 Å². The van der Waals surface area contributed by atoms with Crippen LogP contribution in [0.2, 0.25) is 5.02 Å². The number of anilines is 1. The third kappa shape index (κ3) is 5.55. The van der Waals surface area contributed by atoms with Crippen LogP contribution in [-0.2, 0) is 16.1 Å². The van der Waals surface area contributed by atoms with Crippen LogP contribution in [-0.4, -0.2) is 42.8 Å². The lowest BCUT2D eigenvalue weighted by molar-refractivity contribution is -0.127. The maximum Gasteiger partial charge on any atom is 0.248 e. The summed E-state index contributed by atoms with van der Waals surface area (Å²) in [5, 5.41) is 19.5. The lowest BCUT2D eigenvalue weighted by atomic mass is 10.0. The van der Waals surface area contributed by atoms with Crippen LogP contribution in [0.25, 0.3) is 11.4 Å². The Balaban J connectivity index is 1.74. The first-order chi connectivity index (χ1) is 14.3. The number of nitrogens with one attached hydrogen (secondary N) is 4. The van der Waals surface area contributed by atoms with Crippen molar-refractivity contribution < 1.29 is 9.59 Å². The predicted molar refractivity (Wildman–Crippen MR) is 116 cm³/mol. The van der Waals surface area contributed by atoms with Gasteiger partial charge < -0.3 is 10.6 Å². The topological polar surface area (TPSA) is 120 Å².